The first-order valence-electron chi connectivity index (χ1n) is 8.26. The number of benzene rings is 1. The number of non-ortho nitro benzene ring substituents is 1. The molecular formula is C18H24IN5O2. The molecule has 7 nitrogen and oxygen atoms in total. The third-order valence-electron chi connectivity index (χ3n) is 3.73. The Morgan fingerprint density at radius 3 is 2.58 bits per heavy atom. The standard InChI is InChI=1S/C18H23N5O2.HI/c1-3-14(2)22-18(21-13-16-6-4-5-11-19-16)20-12-15-7-9-17(10-8-15)23(24)25;/h4-11,14H,3,12-13H2,1-2H3,(H2,20,21,22);1H. The van der Waals surface area contributed by atoms with Gasteiger partial charge in [-0.15, -0.1) is 24.0 Å². The van der Waals surface area contributed by atoms with E-state index in [1.54, 1.807) is 18.3 Å². The molecule has 1 aromatic heterocycles. The highest BCUT2D eigenvalue weighted by Crippen LogP contribution is 2.12. The number of aromatic nitrogens is 1. The molecule has 2 aromatic rings. The van der Waals surface area contributed by atoms with Crippen LogP contribution in [0.3, 0.4) is 0 Å². The first kappa shape index (κ1) is 21.8. The highest BCUT2D eigenvalue weighted by atomic mass is 127. The van der Waals surface area contributed by atoms with Crippen molar-refractivity contribution in [3.8, 4) is 0 Å². The number of nitro benzene ring substituents is 1. The monoisotopic (exact) mass is 469 g/mol. The van der Waals surface area contributed by atoms with Crippen molar-refractivity contribution < 1.29 is 4.92 Å². The van der Waals surface area contributed by atoms with Gasteiger partial charge in [0.1, 0.15) is 0 Å². The lowest BCUT2D eigenvalue weighted by atomic mass is 10.2. The summed E-state index contributed by atoms with van der Waals surface area (Å²) in [7, 11) is 0. The molecule has 0 aliphatic heterocycles. The zero-order valence-electron chi connectivity index (χ0n) is 14.9. The van der Waals surface area contributed by atoms with E-state index in [0.29, 0.717) is 19.0 Å². The Labute approximate surface area is 170 Å². The highest BCUT2D eigenvalue weighted by molar-refractivity contribution is 14.0. The normalized spacial score (nSPS) is 12.0. The first-order valence-corrected chi connectivity index (χ1v) is 8.26. The van der Waals surface area contributed by atoms with E-state index >= 15 is 0 Å². The summed E-state index contributed by atoms with van der Waals surface area (Å²) < 4.78 is 0. The minimum Gasteiger partial charge on any atom is -0.354 e. The third kappa shape index (κ3) is 7.34. The molecule has 0 spiro atoms. The fraction of sp³-hybridized carbons (Fsp3) is 0.333. The number of hydrogen-bond acceptors (Lipinski definition) is 4. The fourth-order valence-corrected chi connectivity index (χ4v) is 2.06. The molecule has 0 aliphatic carbocycles. The van der Waals surface area contributed by atoms with Crippen molar-refractivity contribution in [3.05, 3.63) is 70.0 Å². The van der Waals surface area contributed by atoms with Crippen LogP contribution in [0.2, 0.25) is 0 Å². The van der Waals surface area contributed by atoms with Crippen molar-refractivity contribution in [2.75, 3.05) is 0 Å². The van der Waals surface area contributed by atoms with E-state index in [-0.39, 0.29) is 35.7 Å². The van der Waals surface area contributed by atoms with Crippen LogP contribution in [-0.4, -0.2) is 21.9 Å². The molecule has 1 heterocycles. The minimum absolute atomic E-state index is 0. The lowest BCUT2D eigenvalue weighted by molar-refractivity contribution is -0.384. The predicted molar refractivity (Wildman–Crippen MR) is 114 cm³/mol. The number of rotatable bonds is 7. The van der Waals surface area contributed by atoms with E-state index in [1.165, 1.54) is 12.1 Å². The number of nitrogens with one attached hydrogen (secondary N) is 2. The molecule has 0 bridgehead atoms. The first-order chi connectivity index (χ1) is 12.1. The zero-order chi connectivity index (χ0) is 18.1. The summed E-state index contributed by atoms with van der Waals surface area (Å²) in [5.74, 6) is 0.693. The molecule has 0 fully saturated rings. The highest BCUT2D eigenvalue weighted by Gasteiger charge is 2.06. The van der Waals surface area contributed by atoms with Crippen molar-refractivity contribution in [1.82, 2.24) is 15.6 Å². The number of aliphatic imine (C=N–C) groups is 1. The summed E-state index contributed by atoms with van der Waals surface area (Å²) in [5, 5.41) is 17.3. The quantitative estimate of drug-likeness (QED) is 0.212. The van der Waals surface area contributed by atoms with Gasteiger partial charge in [0.2, 0.25) is 0 Å². The molecule has 0 saturated heterocycles. The Bertz CT molecular complexity index is 707. The van der Waals surface area contributed by atoms with Crippen LogP contribution in [0.25, 0.3) is 0 Å². The van der Waals surface area contributed by atoms with Gasteiger partial charge in [0.25, 0.3) is 5.69 Å². The van der Waals surface area contributed by atoms with E-state index in [4.69, 9.17) is 0 Å². The van der Waals surface area contributed by atoms with Crippen molar-refractivity contribution in [3.63, 3.8) is 0 Å². The molecule has 0 radical (unpaired) electrons. The summed E-state index contributed by atoms with van der Waals surface area (Å²) in [6.45, 7) is 5.20. The van der Waals surface area contributed by atoms with Gasteiger partial charge in [0.05, 0.1) is 23.7 Å². The van der Waals surface area contributed by atoms with Crippen LogP contribution in [0.5, 0.6) is 0 Å². The van der Waals surface area contributed by atoms with Gasteiger partial charge in [-0.3, -0.25) is 15.1 Å². The van der Waals surface area contributed by atoms with Crippen LogP contribution in [0.1, 0.15) is 31.5 Å². The smallest absolute Gasteiger partial charge is 0.269 e. The van der Waals surface area contributed by atoms with Crippen LogP contribution in [0.4, 0.5) is 5.69 Å². The Morgan fingerprint density at radius 1 is 1.27 bits per heavy atom. The number of nitro groups is 1. The number of pyridine rings is 1. The van der Waals surface area contributed by atoms with Gasteiger partial charge in [-0.1, -0.05) is 25.1 Å². The maximum absolute atomic E-state index is 10.7. The van der Waals surface area contributed by atoms with E-state index in [1.807, 2.05) is 18.2 Å². The van der Waals surface area contributed by atoms with Crippen molar-refractivity contribution in [2.24, 2.45) is 4.99 Å². The molecule has 140 valence electrons. The number of halogens is 1. The lowest BCUT2D eigenvalue weighted by Gasteiger charge is -2.17. The molecule has 8 heteroatoms. The van der Waals surface area contributed by atoms with Crippen LogP contribution >= 0.6 is 24.0 Å². The molecule has 1 aromatic carbocycles. The van der Waals surface area contributed by atoms with Crippen molar-refractivity contribution in [2.45, 2.75) is 39.4 Å². The van der Waals surface area contributed by atoms with Crippen molar-refractivity contribution in [1.29, 1.82) is 0 Å². The van der Waals surface area contributed by atoms with Gasteiger partial charge < -0.3 is 10.6 Å². The average Bonchev–Trinajstić information content (AvgIpc) is 2.64. The third-order valence-corrected chi connectivity index (χ3v) is 3.73. The molecule has 2 rings (SSSR count). The van der Waals surface area contributed by atoms with Gasteiger partial charge in [-0.2, -0.15) is 0 Å². The topological polar surface area (TPSA) is 92.5 Å². The SMILES string of the molecule is CCC(C)NC(=NCc1ccc([N+](=O)[O-])cc1)NCc1ccccn1.I. The molecule has 0 aliphatic rings. The fourth-order valence-electron chi connectivity index (χ4n) is 2.06. The second-order valence-corrected chi connectivity index (χ2v) is 5.72. The number of nitrogens with zero attached hydrogens (tertiary/aromatic N) is 3. The largest absolute Gasteiger partial charge is 0.354 e. The molecule has 1 unspecified atom stereocenters. The van der Waals surface area contributed by atoms with Crippen LogP contribution in [0, 0.1) is 10.1 Å². The summed E-state index contributed by atoms with van der Waals surface area (Å²) in [4.78, 5) is 19.2. The second-order valence-electron chi connectivity index (χ2n) is 5.72. The maximum Gasteiger partial charge on any atom is 0.269 e. The molecule has 0 saturated carbocycles. The predicted octanol–water partition coefficient (Wildman–Crippen LogP) is 3.64. The van der Waals surface area contributed by atoms with E-state index < -0.39 is 4.92 Å². The second kappa shape index (κ2) is 11.4. The van der Waals surface area contributed by atoms with Gasteiger partial charge in [-0.05, 0) is 31.0 Å². The molecule has 26 heavy (non-hydrogen) atoms. The number of guanidine groups is 1. The van der Waals surface area contributed by atoms with Gasteiger partial charge in [0, 0.05) is 24.4 Å². The summed E-state index contributed by atoms with van der Waals surface area (Å²) in [5.41, 5.74) is 1.92. The van der Waals surface area contributed by atoms with Gasteiger partial charge >= 0.3 is 0 Å². The van der Waals surface area contributed by atoms with Gasteiger partial charge in [-0.25, -0.2) is 4.99 Å². The Kier molecular flexibility index (Phi) is 9.56. The van der Waals surface area contributed by atoms with Crippen molar-refractivity contribution >= 4 is 35.6 Å². The maximum atomic E-state index is 10.7. The van der Waals surface area contributed by atoms with Gasteiger partial charge in [0.15, 0.2) is 5.96 Å². The summed E-state index contributed by atoms with van der Waals surface area (Å²) in [6, 6.07) is 12.5. The Hall–Kier alpha value is -2.23. The number of hydrogen-bond donors (Lipinski definition) is 2. The van der Waals surface area contributed by atoms with Crippen LogP contribution in [0.15, 0.2) is 53.7 Å². The molecule has 0 amide bonds. The molecular weight excluding hydrogens is 445 g/mol. The lowest BCUT2D eigenvalue weighted by Crippen LogP contribution is -2.41. The Balaban J connectivity index is 0.00000338. The van der Waals surface area contributed by atoms with E-state index in [0.717, 1.165) is 17.7 Å². The molecule has 1 atom stereocenters. The Morgan fingerprint density at radius 2 is 2.00 bits per heavy atom. The van der Waals surface area contributed by atoms with Crippen LogP contribution in [-0.2, 0) is 13.1 Å². The molecule has 2 N–H and O–H groups in total. The minimum atomic E-state index is -0.405. The van der Waals surface area contributed by atoms with E-state index in [2.05, 4.69) is 34.5 Å². The van der Waals surface area contributed by atoms with Crippen LogP contribution < -0.4 is 10.6 Å². The van der Waals surface area contributed by atoms with E-state index in [9.17, 15) is 10.1 Å². The summed E-state index contributed by atoms with van der Waals surface area (Å²) in [6.07, 6.45) is 2.73. The summed E-state index contributed by atoms with van der Waals surface area (Å²) >= 11 is 0. The average molecular weight is 469 g/mol. The zero-order valence-corrected chi connectivity index (χ0v) is 17.2.